The monoisotopic (exact) mass is 272 g/mol. The van der Waals surface area contributed by atoms with Gasteiger partial charge in [0.1, 0.15) is 0 Å². The van der Waals surface area contributed by atoms with E-state index in [4.69, 9.17) is 0 Å². The number of rotatable bonds is 4. The van der Waals surface area contributed by atoms with Crippen LogP contribution < -0.4 is 10.2 Å². The van der Waals surface area contributed by atoms with Gasteiger partial charge < -0.3 is 10.2 Å². The van der Waals surface area contributed by atoms with E-state index in [0.29, 0.717) is 6.04 Å². The van der Waals surface area contributed by atoms with Crippen LogP contribution in [-0.2, 0) is 6.54 Å². The average Bonchev–Trinajstić information content (AvgIpc) is 3.25. The molecule has 1 saturated heterocycles. The summed E-state index contributed by atoms with van der Waals surface area (Å²) >= 11 is 0. The Labute approximate surface area is 123 Å². The SMILES string of the molecule is Cc1cc(N2CCCCCC2C)ccc1CNC1CC1. The Hall–Kier alpha value is -1.02. The molecule has 1 aromatic rings. The van der Waals surface area contributed by atoms with Gasteiger partial charge in [-0.15, -0.1) is 0 Å². The Balaban J connectivity index is 1.70. The molecule has 1 aliphatic heterocycles. The van der Waals surface area contributed by atoms with Crippen molar-refractivity contribution >= 4 is 5.69 Å². The Morgan fingerprint density at radius 1 is 1.15 bits per heavy atom. The van der Waals surface area contributed by atoms with E-state index >= 15 is 0 Å². The van der Waals surface area contributed by atoms with E-state index in [1.54, 1.807) is 0 Å². The van der Waals surface area contributed by atoms with Crippen LogP contribution in [0.1, 0.15) is 56.6 Å². The quantitative estimate of drug-likeness (QED) is 0.890. The third-order valence-corrected chi connectivity index (χ3v) is 4.87. The van der Waals surface area contributed by atoms with Crippen LogP contribution in [-0.4, -0.2) is 18.6 Å². The van der Waals surface area contributed by atoms with Crippen molar-refractivity contribution in [1.29, 1.82) is 0 Å². The first kappa shape index (κ1) is 13.9. The summed E-state index contributed by atoms with van der Waals surface area (Å²) in [4.78, 5) is 2.61. The van der Waals surface area contributed by atoms with Gasteiger partial charge in [-0.3, -0.25) is 0 Å². The number of anilines is 1. The van der Waals surface area contributed by atoms with Crippen molar-refractivity contribution in [2.75, 3.05) is 11.4 Å². The summed E-state index contributed by atoms with van der Waals surface area (Å²) in [6.07, 6.45) is 8.19. The van der Waals surface area contributed by atoms with Crippen molar-refractivity contribution in [1.82, 2.24) is 5.32 Å². The smallest absolute Gasteiger partial charge is 0.0371 e. The third kappa shape index (κ3) is 3.35. The molecule has 1 aromatic carbocycles. The van der Waals surface area contributed by atoms with E-state index in [2.05, 4.69) is 42.3 Å². The molecule has 0 amide bonds. The summed E-state index contributed by atoms with van der Waals surface area (Å²) in [6, 6.07) is 8.54. The minimum atomic E-state index is 0.687. The highest BCUT2D eigenvalue weighted by molar-refractivity contribution is 5.51. The second kappa shape index (κ2) is 6.17. The molecule has 1 N–H and O–H groups in total. The van der Waals surface area contributed by atoms with Gasteiger partial charge in [0.25, 0.3) is 0 Å². The molecule has 0 radical (unpaired) electrons. The Morgan fingerprint density at radius 3 is 2.75 bits per heavy atom. The molecule has 0 bridgehead atoms. The summed E-state index contributed by atoms with van der Waals surface area (Å²) in [5.74, 6) is 0. The molecule has 2 fully saturated rings. The normalized spacial score (nSPS) is 23.7. The predicted molar refractivity (Wildman–Crippen MR) is 86.3 cm³/mol. The van der Waals surface area contributed by atoms with E-state index in [9.17, 15) is 0 Å². The van der Waals surface area contributed by atoms with Crippen molar-refractivity contribution in [3.05, 3.63) is 29.3 Å². The molecular weight excluding hydrogens is 244 g/mol. The first-order chi connectivity index (χ1) is 9.74. The fourth-order valence-electron chi connectivity index (χ4n) is 3.26. The van der Waals surface area contributed by atoms with Gasteiger partial charge in [0, 0.05) is 30.9 Å². The van der Waals surface area contributed by atoms with Crippen LogP contribution in [0.4, 0.5) is 5.69 Å². The molecule has 20 heavy (non-hydrogen) atoms. The van der Waals surface area contributed by atoms with Crippen molar-refractivity contribution in [3.8, 4) is 0 Å². The molecule has 1 heterocycles. The van der Waals surface area contributed by atoms with Crippen LogP contribution in [0, 0.1) is 6.92 Å². The maximum absolute atomic E-state index is 3.62. The maximum Gasteiger partial charge on any atom is 0.0371 e. The fraction of sp³-hybridized carbons (Fsp3) is 0.667. The van der Waals surface area contributed by atoms with Crippen LogP contribution in [0.15, 0.2) is 18.2 Å². The molecule has 1 atom stereocenters. The number of hydrogen-bond donors (Lipinski definition) is 1. The molecule has 0 spiro atoms. The van der Waals surface area contributed by atoms with E-state index in [0.717, 1.165) is 12.6 Å². The summed E-state index contributed by atoms with van der Waals surface area (Å²) < 4.78 is 0. The summed E-state index contributed by atoms with van der Waals surface area (Å²) in [6.45, 7) is 6.89. The fourth-order valence-corrected chi connectivity index (χ4v) is 3.26. The van der Waals surface area contributed by atoms with Gasteiger partial charge in [0.2, 0.25) is 0 Å². The molecule has 2 nitrogen and oxygen atoms in total. The second-order valence-corrected chi connectivity index (χ2v) is 6.66. The first-order valence-corrected chi connectivity index (χ1v) is 8.33. The molecule has 2 heteroatoms. The van der Waals surface area contributed by atoms with E-state index in [1.165, 1.54) is 61.9 Å². The van der Waals surface area contributed by atoms with Gasteiger partial charge in [-0.05, 0) is 62.8 Å². The molecule has 1 unspecified atom stereocenters. The Bertz CT molecular complexity index is 451. The zero-order valence-electron chi connectivity index (χ0n) is 13.0. The van der Waals surface area contributed by atoms with Crippen LogP contribution in [0.25, 0.3) is 0 Å². The largest absolute Gasteiger partial charge is 0.369 e. The molecule has 110 valence electrons. The maximum atomic E-state index is 3.62. The number of aryl methyl sites for hydroxylation is 1. The molecule has 0 aromatic heterocycles. The van der Waals surface area contributed by atoms with E-state index in [1.807, 2.05) is 0 Å². The van der Waals surface area contributed by atoms with Crippen molar-refractivity contribution in [2.45, 2.75) is 71.0 Å². The molecule has 1 aliphatic carbocycles. The lowest BCUT2D eigenvalue weighted by Gasteiger charge is -2.30. The first-order valence-electron chi connectivity index (χ1n) is 8.33. The van der Waals surface area contributed by atoms with Crippen LogP contribution in [0.2, 0.25) is 0 Å². The minimum Gasteiger partial charge on any atom is -0.369 e. The molecule has 3 rings (SSSR count). The molecule has 1 saturated carbocycles. The summed E-state index contributed by atoms with van der Waals surface area (Å²) in [5.41, 5.74) is 4.32. The van der Waals surface area contributed by atoms with Crippen LogP contribution >= 0.6 is 0 Å². The average molecular weight is 272 g/mol. The van der Waals surface area contributed by atoms with Crippen LogP contribution in [0.5, 0.6) is 0 Å². The number of hydrogen-bond acceptors (Lipinski definition) is 2. The summed E-state index contributed by atoms with van der Waals surface area (Å²) in [5, 5.41) is 3.62. The van der Waals surface area contributed by atoms with Crippen molar-refractivity contribution in [3.63, 3.8) is 0 Å². The number of nitrogens with zero attached hydrogens (tertiary/aromatic N) is 1. The topological polar surface area (TPSA) is 15.3 Å². The highest BCUT2D eigenvalue weighted by atomic mass is 15.2. The van der Waals surface area contributed by atoms with Crippen molar-refractivity contribution < 1.29 is 0 Å². The third-order valence-electron chi connectivity index (χ3n) is 4.87. The lowest BCUT2D eigenvalue weighted by Crippen LogP contribution is -2.32. The second-order valence-electron chi connectivity index (χ2n) is 6.66. The van der Waals surface area contributed by atoms with E-state index < -0.39 is 0 Å². The summed E-state index contributed by atoms with van der Waals surface area (Å²) in [7, 11) is 0. The van der Waals surface area contributed by atoms with Gasteiger partial charge in [-0.1, -0.05) is 18.9 Å². The minimum absolute atomic E-state index is 0.687. The number of nitrogens with one attached hydrogen (secondary N) is 1. The van der Waals surface area contributed by atoms with E-state index in [-0.39, 0.29) is 0 Å². The number of benzene rings is 1. The lowest BCUT2D eigenvalue weighted by atomic mass is 10.1. The Morgan fingerprint density at radius 2 is 2.00 bits per heavy atom. The highest BCUT2D eigenvalue weighted by Crippen LogP contribution is 2.26. The zero-order chi connectivity index (χ0) is 13.9. The predicted octanol–water partition coefficient (Wildman–Crippen LogP) is 4.02. The van der Waals surface area contributed by atoms with Gasteiger partial charge in [0.15, 0.2) is 0 Å². The van der Waals surface area contributed by atoms with Gasteiger partial charge in [-0.25, -0.2) is 0 Å². The molecule has 2 aliphatic rings. The zero-order valence-corrected chi connectivity index (χ0v) is 13.0. The van der Waals surface area contributed by atoms with Crippen LogP contribution in [0.3, 0.4) is 0 Å². The Kier molecular flexibility index (Phi) is 4.30. The standard InChI is InChI=1S/C18H28N2/c1-14-12-18(20-11-5-3-4-6-15(20)2)10-7-16(14)13-19-17-8-9-17/h7,10,12,15,17,19H,3-6,8-9,11,13H2,1-2H3. The van der Waals surface area contributed by atoms with Crippen molar-refractivity contribution in [2.24, 2.45) is 0 Å². The van der Waals surface area contributed by atoms with Gasteiger partial charge in [0.05, 0.1) is 0 Å². The van der Waals surface area contributed by atoms with Gasteiger partial charge in [-0.2, -0.15) is 0 Å². The van der Waals surface area contributed by atoms with Gasteiger partial charge >= 0.3 is 0 Å². The lowest BCUT2D eigenvalue weighted by molar-refractivity contribution is 0.616. The molecular formula is C18H28N2. The highest BCUT2D eigenvalue weighted by Gasteiger charge is 2.21.